The van der Waals surface area contributed by atoms with Gasteiger partial charge in [0.25, 0.3) is 0 Å². The van der Waals surface area contributed by atoms with Crippen molar-refractivity contribution in [3.8, 4) is 11.6 Å². The Labute approximate surface area is 203 Å². The first kappa shape index (κ1) is 24.2. The van der Waals surface area contributed by atoms with Crippen LogP contribution in [0.25, 0.3) is 16.7 Å². The van der Waals surface area contributed by atoms with Crippen LogP contribution in [0.15, 0.2) is 30.5 Å². The summed E-state index contributed by atoms with van der Waals surface area (Å²) in [7, 11) is 1.57. The number of hydrogen-bond acceptors (Lipinski definition) is 7. The second-order valence-corrected chi connectivity index (χ2v) is 8.72. The van der Waals surface area contributed by atoms with Crippen molar-refractivity contribution in [1.29, 1.82) is 0 Å². The van der Waals surface area contributed by atoms with Crippen LogP contribution in [0.5, 0.6) is 5.75 Å². The van der Waals surface area contributed by atoms with Crippen LogP contribution < -0.4 is 10.1 Å². The molecule has 4 rings (SSSR count). The zero-order valence-electron chi connectivity index (χ0n) is 20.5. The number of benzene rings is 1. The van der Waals surface area contributed by atoms with E-state index in [4.69, 9.17) is 14.5 Å². The number of methoxy groups -OCH3 is 1. The first-order valence-electron chi connectivity index (χ1n) is 11.5. The lowest BCUT2D eigenvalue weighted by atomic mass is 10.1. The third-order valence-corrected chi connectivity index (χ3v) is 6.09. The van der Waals surface area contributed by atoms with Crippen molar-refractivity contribution in [2.75, 3.05) is 25.6 Å². The predicted molar refractivity (Wildman–Crippen MR) is 130 cm³/mol. The monoisotopic (exact) mass is 479 g/mol. The molecule has 0 saturated carbocycles. The van der Waals surface area contributed by atoms with E-state index in [1.54, 1.807) is 18.9 Å². The van der Waals surface area contributed by atoms with E-state index < -0.39 is 11.9 Å². The number of anilines is 1. The average molecular weight is 480 g/mol. The Hall–Kier alpha value is -3.95. The van der Waals surface area contributed by atoms with Crippen molar-refractivity contribution in [3.05, 3.63) is 41.6 Å². The number of hydrogen-bond donors (Lipinski definition) is 1. The molecule has 1 aliphatic rings. The van der Waals surface area contributed by atoms with E-state index in [1.165, 1.54) is 10.9 Å². The molecule has 1 aliphatic heterocycles. The number of para-hydroxylation sites is 1. The Morgan fingerprint density at radius 3 is 2.71 bits per heavy atom. The summed E-state index contributed by atoms with van der Waals surface area (Å²) in [4.78, 5) is 44.6. The van der Waals surface area contributed by atoms with Crippen molar-refractivity contribution in [2.24, 2.45) is 5.92 Å². The van der Waals surface area contributed by atoms with Crippen LogP contribution >= 0.6 is 0 Å². The molecule has 1 saturated heterocycles. The fraction of sp³-hybridized carbons (Fsp3) is 0.400. The number of pyridine rings is 1. The van der Waals surface area contributed by atoms with Crippen molar-refractivity contribution in [3.63, 3.8) is 0 Å². The minimum Gasteiger partial charge on any atom is -0.494 e. The molecule has 35 heavy (non-hydrogen) atoms. The molecule has 2 aromatic heterocycles. The number of nitrogens with zero attached hydrogens (tertiary/aromatic N) is 4. The Bertz CT molecular complexity index is 1300. The Morgan fingerprint density at radius 1 is 1.29 bits per heavy atom. The molecule has 1 aromatic carbocycles. The highest BCUT2D eigenvalue weighted by Gasteiger charge is 2.36. The molecule has 184 valence electrons. The number of carbonyl (C=O) groups excluding carboxylic acids is 3. The van der Waals surface area contributed by atoms with Crippen LogP contribution in [-0.4, -0.2) is 63.8 Å². The smallest absolute Gasteiger partial charge is 0.343 e. The number of carbonyl (C=O) groups is 3. The van der Waals surface area contributed by atoms with Gasteiger partial charge in [-0.25, -0.2) is 9.78 Å². The number of aromatic nitrogens is 3. The normalized spacial score (nSPS) is 15.7. The van der Waals surface area contributed by atoms with Gasteiger partial charge in [0.2, 0.25) is 11.8 Å². The average Bonchev–Trinajstić information content (AvgIpc) is 3.42. The van der Waals surface area contributed by atoms with E-state index >= 15 is 0 Å². The molecule has 0 aliphatic carbocycles. The van der Waals surface area contributed by atoms with Crippen molar-refractivity contribution in [2.45, 2.75) is 40.2 Å². The number of amides is 2. The van der Waals surface area contributed by atoms with Gasteiger partial charge in [-0.3, -0.25) is 9.59 Å². The molecule has 10 nitrogen and oxygen atoms in total. The molecule has 3 heterocycles. The van der Waals surface area contributed by atoms with Crippen molar-refractivity contribution >= 4 is 34.5 Å². The molecule has 3 aromatic rings. The summed E-state index contributed by atoms with van der Waals surface area (Å²) < 4.78 is 12.1. The van der Waals surface area contributed by atoms with E-state index in [9.17, 15) is 14.4 Å². The van der Waals surface area contributed by atoms with Gasteiger partial charge in [-0.15, -0.1) is 0 Å². The minimum absolute atomic E-state index is 0.000626. The van der Waals surface area contributed by atoms with Gasteiger partial charge in [0.15, 0.2) is 11.6 Å². The highest BCUT2D eigenvalue weighted by atomic mass is 16.5. The highest BCUT2D eigenvalue weighted by molar-refractivity contribution is 6.03. The SMILES string of the molecule is CCOC(=O)c1cnn(-c2cc(C)c3cccc(OC)c3n2)c1NC(=O)C1CC(=O)N(C(C)C)C1. The van der Waals surface area contributed by atoms with E-state index in [-0.39, 0.29) is 42.3 Å². The van der Waals surface area contributed by atoms with E-state index in [1.807, 2.05) is 45.0 Å². The maximum atomic E-state index is 13.2. The second-order valence-electron chi connectivity index (χ2n) is 8.72. The molecule has 2 amide bonds. The summed E-state index contributed by atoms with van der Waals surface area (Å²) >= 11 is 0. The van der Waals surface area contributed by atoms with E-state index in [0.717, 1.165) is 10.9 Å². The Kier molecular flexibility index (Phi) is 6.72. The summed E-state index contributed by atoms with van der Waals surface area (Å²) in [6.45, 7) is 7.94. The number of nitrogens with one attached hydrogen (secondary N) is 1. The number of fused-ring (bicyclic) bond motifs is 1. The van der Waals surface area contributed by atoms with E-state index in [0.29, 0.717) is 23.6 Å². The number of ether oxygens (including phenoxy) is 2. The molecular formula is C25H29N5O5. The van der Waals surface area contributed by atoms with Crippen LogP contribution in [0.1, 0.15) is 43.1 Å². The van der Waals surface area contributed by atoms with Crippen LogP contribution in [0.4, 0.5) is 5.82 Å². The quantitative estimate of drug-likeness (QED) is 0.518. The minimum atomic E-state index is -0.615. The third-order valence-electron chi connectivity index (χ3n) is 6.09. The Morgan fingerprint density at radius 2 is 2.06 bits per heavy atom. The first-order valence-corrected chi connectivity index (χ1v) is 11.5. The van der Waals surface area contributed by atoms with E-state index in [2.05, 4.69) is 10.4 Å². The number of aryl methyl sites for hydroxylation is 1. The van der Waals surface area contributed by atoms with Crippen molar-refractivity contribution in [1.82, 2.24) is 19.7 Å². The molecular weight excluding hydrogens is 450 g/mol. The van der Waals surface area contributed by atoms with Gasteiger partial charge in [0.05, 0.1) is 25.8 Å². The van der Waals surface area contributed by atoms with Crippen LogP contribution in [0, 0.1) is 12.8 Å². The molecule has 0 radical (unpaired) electrons. The molecule has 1 unspecified atom stereocenters. The van der Waals surface area contributed by atoms with Gasteiger partial charge in [-0.1, -0.05) is 12.1 Å². The largest absolute Gasteiger partial charge is 0.494 e. The summed E-state index contributed by atoms with van der Waals surface area (Å²) in [6.07, 6.45) is 1.45. The predicted octanol–water partition coefficient (Wildman–Crippen LogP) is 3.11. The molecule has 0 bridgehead atoms. The van der Waals surface area contributed by atoms with Crippen molar-refractivity contribution < 1.29 is 23.9 Å². The molecule has 1 fully saturated rings. The lowest BCUT2D eigenvalue weighted by molar-refractivity contribution is -0.129. The third kappa shape index (κ3) is 4.55. The lowest BCUT2D eigenvalue weighted by Crippen LogP contribution is -2.33. The maximum Gasteiger partial charge on any atom is 0.343 e. The zero-order valence-corrected chi connectivity index (χ0v) is 20.5. The van der Waals surface area contributed by atoms with Gasteiger partial charge < -0.3 is 19.7 Å². The summed E-state index contributed by atoms with van der Waals surface area (Å²) in [6, 6.07) is 7.46. The zero-order chi connectivity index (χ0) is 25.3. The summed E-state index contributed by atoms with van der Waals surface area (Å²) in [5, 5.41) is 8.09. The number of rotatable bonds is 7. The fourth-order valence-electron chi connectivity index (χ4n) is 4.27. The molecule has 1 N–H and O–H groups in total. The maximum absolute atomic E-state index is 13.2. The first-order chi connectivity index (χ1) is 16.7. The Balaban J connectivity index is 1.76. The summed E-state index contributed by atoms with van der Waals surface area (Å²) in [5.74, 6) is -0.469. The van der Waals surface area contributed by atoms with Crippen LogP contribution in [0.3, 0.4) is 0 Å². The molecule has 0 spiro atoms. The topological polar surface area (TPSA) is 116 Å². The summed E-state index contributed by atoms with van der Waals surface area (Å²) in [5.41, 5.74) is 1.65. The molecule has 10 heteroatoms. The highest BCUT2D eigenvalue weighted by Crippen LogP contribution is 2.30. The number of likely N-dealkylation sites (tertiary alicyclic amines) is 1. The lowest BCUT2D eigenvalue weighted by Gasteiger charge is -2.20. The van der Waals surface area contributed by atoms with Gasteiger partial charge in [0.1, 0.15) is 16.8 Å². The second kappa shape index (κ2) is 9.73. The van der Waals surface area contributed by atoms with Gasteiger partial charge in [-0.2, -0.15) is 9.78 Å². The number of esters is 1. The van der Waals surface area contributed by atoms with Gasteiger partial charge in [-0.05, 0) is 45.4 Å². The van der Waals surface area contributed by atoms with Crippen LogP contribution in [-0.2, 0) is 14.3 Å². The fourth-order valence-corrected chi connectivity index (χ4v) is 4.27. The van der Waals surface area contributed by atoms with Gasteiger partial charge in [0, 0.05) is 24.4 Å². The van der Waals surface area contributed by atoms with Gasteiger partial charge >= 0.3 is 5.97 Å². The standard InChI is InChI=1S/C25H29N5O5/c1-6-35-25(33)18-12-26-30(20-10-15(4)17-8-7-9-19(34-5)22(17)27-20)23(18)28-24(32)16-11-21(31)29(13-16)14(2)3/h7-10,12,14,16H,6,11,13H2,1-5H3,(H,28,32). The van der Waals surface area contributed by atoms with Crippen LogP contribution in [0.2, 0.25) is 0 Å². The molecule has 1 atom stereocenters.